The standard InChI is InChI=1S/C17H22N4O3S/c1-14-2-4-15(5-3-14)13-25(22,23)19-12-16-18-7-6-17(20-16)21-8-10-24-11-9-21/h2-7,19H,8-13H2,1H3. The summed E-state index contributed by atoms with van der Waals surface area (Å²) in [7, 11) is -3.45. The Morgan fingerprint density at radius 3 is 2.60 bits per heavy atom. The number of morpholine rings is 1. The fourth-order valence-electron chi connectivity index (χ4n) is 2.57. The van der Waals surface area contributed by atoms with Crippen molar-refractivity contribution in [2.45, 2.75) is 19.2 Å². The number of benzene rings is 1. The molecule has 0 spiro atoms. The lowest BCUT2D eigenvalue weighted by atomic mass is 10.2. The van der Waals surface area contributed by atoms with Gasteiger partial charge in [0.2, 0.25) is 10.0 Å². The molecule has 0 unspecified atom stereocenters. The summed E-state index contributed by atoms with van der Waals surface area (Å²) < 4.78 is 32.4. The van der Waals surface area contributed by atoms with Gasteiger partial charge in [-0.1, -0.05) is 29.8 Å². The fourth-order valence-corrected chi connectivity index (χ4v) is 3.65. The van der Waals surface area contributed by atoms with E-state index in [0.717, 1.165) is 30.0 Å². The number of anilines is 1. The molecule has 1 aliphatic heterocycles. The predicted octanol–water partition coefficient (Wildman–Crippen LogP) is 1.24. The van der Waals surface area contributed by atoms with Crippen molar-refractivity contribution in [1.82, 2.24) is 14.7 Å². The summed E-state index contributed by atoms with van der Waals surface area (Å²) in [6.45, 7) is 4.93. The summed E-state index contributed by atoms with van der Waals surface area (Å²) in [5, 5.41) is 0. The Kier molecular flexibility index (Phi) is 5.62. The van der Waals surface area contributed by atoms with Crippen molar-refractivity contribution in [3.05, 3.63) is 53.5 Å². The molecular weight excluding hydrogens is 340 g/mol. The van der Waals surface area contributed by atoms with Crippen LogP contribution in [0.2, 0.25) is 0 Å². The first kappa shape index (κ1) is 17.8. The second kappa shape index (κ2) is 7.90. The van der Waals surface area contributed by atoms with Crippen LogP contribution in [-0.2, 0) is 27.1 Å². The van der Waals surface area contributed by atoms with Crippen LogP contribution in [0.4, 0.5) is 5.82 Å². The molecule has 3 rings (SSSR count). The molecule has 8 heteroatoms. The lowest BCUT2D eigenvalue weighted by Crippen LogP contribution is -2.37. The highest BCUT2D eigenvalue weighted by Gasteiger charge is 2.15. The van der Waals surface area contributed by atoms with Gasteiger partial charge in [-0.05, 0) is 18.6 Å². The SMILES string of the molecule is Cc1ccc(CS(=O)(=O)NCc2nccc(N3CCOCC3)n2)cc1. The van der Waals surface area contributed by atoms with Gasteiger partial charge in [-0.25, -0.2) is 23.1 Å². The van der Waals surface area contributed by atoms with Crippen LogP contribution in [0.3, 0.4) is 0 Å². The van der Waals surface area contributed by atoms with Crippen LogP contribution < -0.4 is 9.62 Å². The van der Waals surface area contributed by atoms with Gasteiger partial charge in [0.15, 0.2) is 0 Å². The maximum absolute atomic E-state index is 12.3. The second-order valence-corrected chi connectivity index (χ2v) is 7.80. The summed E-state index contributed by atoms with van der Waals surface area (Å²) in [6, 6.07) is 9.28. The third kappa shape index (κ3) is 5.22. The Bertz CT molecular complexity index is 803. The number of nitrogens with zero attached hydrogens (tertiary/aromatic N) is 3. The maximum Gasteiger partial charge on any atom is 0.216 e. The first-order chi connectivity index (χ1) is 12.0. The fraction of sp³-hybridized carbons (Fsp3) is 0.412. The predicted molar refractivity (Wildman–Crippen MR) is 95.7 cm³/mol. The first-order valence-electron chi connectivity index (χ1n) is 8.19. The molecule has 1 aliphatic rings. The molecule has 134 valence electrons. The smallest absolute Gasteiger partial charge is 0.216 e. The first-order valence-corrected chi connectivity index (χ1v) is 9.84. The second-order valence-electron chi connectivity index (χ2n) is 6.00. The number of nitrogens with one attached hydrogen (secondary N) is 1. The van der Waals surface area contributed by atoms with Crippen LogP contribution in [0, 0.1) is 6.92 Å². The van der Waals surface area contributed by atoms with E-state index in [4.69, 9.17) is 4.74 Å². The summed E-state index contributed by atoms with van der Waals surface area (Å²) >= 11 is 0. The molecule has 1 aromatic heterocycles. The van der Waals surface area contributed by atoms with Crippen LogP contribution in [0.5, 0.6) is 0 Å². The van der Waals surface area contributed by atoms with Gasteiger partial charge in [-0.2, -0.15) is 0 Å². The van der Waals surface area contributed by atoms with Crippen molar-refractivity contribution < 1.29 is 13.2 Å². The third-order valence-electron chi connectivity index (χ3n) is 3.95. The van der Waals surface area contributed by atoms with Crippen LogP contribution in [-0.4, -0.2) is 44.7 Å². The van der Waals surface area contributed by atoms with Gasteiger partial charge in [0.1, 0.15) is 11.6 Å². The van der Waals surface area contributed by atoms with Crippen molar-refractivity contribution in [3.63, 3.8) is 0 Å². The largest absolute Gasteiger partial charge is 0.378 e. The molecule has 1 aromatic carbocycles. The van der Waals surface area contributed by atoms with Crippen LogP contribution >= 0.6 is 0 Å². The molecule has 1 fully saturated rings. The lowest BCUT2D eigenvalue weighted by molar-refractivity contribution is 0.122. The molecule has 0 atom stereocenters. The van der Waals surface area contributed by atoms with E-state index in [1.165, 1.54) is 0 Å². The highest BCUT2D eigenvalue weighted by atomic mass is 32.2. The number of aromatic nitrogens is 2. The normalized spacial score (nSPS) is 15.3. The van der Waals surface area contributed by atoms with E-state index < -0.39 is 10.0 Å². The topological polar surface area (TPSA) is 84.4 Å². The zero-order valence-electron chi connectivity index (χ0n) is 14.2. The van der Waals surface area contributed by atoms with Crippen LogP contribution in [0.15, 0.2) is 36.5 Å². The van der Waals surface area contributed by atoms with E-state index in [0.29, 0.717) is 19.0 Å². The Morgan fingerprint density at radius 1 is 1.16 bits per heavy atom. The summed E-state index contributed by atoms with van der Waals surface area (Å²) in [6.07, 6.45) is 1.65. The maximum atomic E-state index is 12.3. The molecule has 1 saturated heterocycles. The number of hydrogen-bond acceptors (Lipinski definition) is 6. The zero-order chi connectivity index (χ0) is 17.7. The Morgan fingerprint density at radius 2 is 1.88 bits per heavy atom. The van der Waals surface area contributed by atoms with E-state index in [9.17, 15) is 8.42 Å². The van der Waals surface area contributed by atoms with Gasteiger partial charge in [-0.3, -0.25) is 0 Å². The summed E-state index contributed by atoms with van der Waals surface area (Å²) in [5.74, 6) is 1.19. The van der Waals surface area contributed by atoms with E-state index in [2.05, 4.69) is 19.6 Å². The quantitative estimate of drug-likeness (QED) is 0.832. The molecular formula is C17H22N4O3S. The van der Waals surface area contributed by atoms with E-state index in [-0.39, 0.29) is 12.3 Å². The van der Waals surface area contributed by atoms with Gasteiger partial charge in [0.25, 0.3) is 0 Å². The molecule has 1 N–H and O–H groups in total. The van der Waals surface area contributed by atoms with Gasteiger partial charge in [0.05, 0.1) is 25.5 Å². The minimum absolute atomic E-state index is 0.0591. The number of sulfonamides is 1. The monoisotopic (exact) mass is 362 g/mol. The Balaban J connectivity index is 1.61. The molecule has 0 saturated carbocycles. The highest BCUT2D eigenvalue weighted by molar-refractivity contribution is 7.88. The molecule has 7 nitrogen and oxygen atoms in total. The summed E-state index contributed by atoms with van der Waals surface area (Å²) in [5.41, 5.74) is 1.85. The van der Waals surface area contributed by atoms with Crippen molar-refractivity contribution in [2.75, 3.05) is 31.2 Å². The molecule has 0 aliphatic carbocycles. The van der Waals surface area contributed by atoms with Gasteiger partial charge >= 0.3 is 0 Å². The lowest BCUT2D eigenvalue weighted by Gasteiger charge is -2.27. The van der Waals surface area contributed by atoms with Gasteiger partial charge in [-0.15, -0.1) is 0 Å². The van der Waals surface area contributed by atoms with E-state index >= 15 is 0 Å². The molecule has 0 bridgehead atoms. The van der Waals surface area contributed by atoms with Gasteiger partial charge < -0.3 is 9.64 Å². The highest BCUT2D eigenvalue weighted by Crippen LogP contribution is 2.12. The number of hydrogen-bond donors (Lipinski definition) is 1. The number of ether oxygens (including phenoxy) is 1. The average molecular weight is 362 g/mol. The van der Waals surface area contributed by atoms with E-state index in [1.54, 1.807) is 6.20 Å². The summed E-state index contributed by atoms with van der Waals surface area (Å²) in [4.78, 5) is 10.7. The van der Waals surface area contributed by atoms with Crippen molar-refractivity contribution in [1.29, 1.82) is 0 Å². The molecule has 0 amide bonds. The number of rotatable bonds is 6. The zero-order valence-corrected chi connectivity index (χ0v) is 15.0. The van der Waals surface area contributed by atoms with Crippen molar-refractivity contribution >= 4 is 15.8 Å². The van der Waals surface area contributed by atoms with Crippen LogP contribution in [0.1, 0.15) is 17.0 Å². The Labute approximate surface area is 148 Å². The minimum Gasteiger partial charge on any atom is -0.378 e. The molecule has 2 aromatic rings. The minimum atomic E-state index is -3.45. The van der Waals surface area contributed by atoms with Crippen molar-refractivity contribution in [2.24, 2.45) is 0 Å². The van der Waals surface area contributed by atoms with Crippen LogP contribution in [0.25, 0.3) is 0 Å². The average Bonchev–Trinajstić information content (AvgIpc) is 2.63. The van der Waals surface area contributed by atoms with Crippen molar-refractivity contribution in [3.8, 4) is 0 Å². The Hall–Kier alpha value is -2.03. The number of aryl methyl sites for hydroxylation is 1. The molecule has 0 radical (unpaired) electrons. The van der Waals surface area contributed by atoms with E-state index in [1.807, 2.05) is 37.3 Å². The van der Waals surface area contributed by atoms with Gasteiger partial charge in [0, 0.05) is 19.3 Å². The molecule has 25 heavy (non-hydrogen) atoms. The third-order valence-corrected chi connectivity index (χ3v) is 5.25. The molecule has 2 heterocycles.